The van der Waals surface area contributed by atoms with E-state index in [2.05, 4.69) is 19.2 Å². The Morgan fingerprint density at radius 3 is 2.68 bits per heavy atom. The highest BCUT2D eigenvalue weighted by Gasteiger charge is 2.32. The Bertz CT molecular complexity index is 305. The third-order valence-electron chi connectivity index (χ3n) is 5.39. The molecule has 0 heterocycles. The van der Waals surface area contributed by atoms with Crippen LogP contribution in [0.2, 0.25) is 0 Å². The van der Waals surface area contributed by atoms with Crippen LogP contribution in [0, 0.1) is 17.8 Å². The minimum absolute atomic E-state index is 0.257. The number of carbonyl (C=O) groups excluding carboxylic acids is 1. The summed E-state index contributed by atoms with van der Waals surface area (Å²) < 4.78 is 0. The van der Waals surface area contributed by atoms with Crippen LogP contribution in [-0.4, -0.2) is 18.0 Å². The molecule has 19 heavy (non-hydrogen) atoms. The molecular formula is C16H30N2O. The molecule has 3 N–H and O–H groups in total. The highest BCUT2D eigenvalue weighted by Crippen LogP contribution is 2.34. The van der Waals surface area contributed by atoms with E-state index in [4.69, 9.17) is 5.73 Å². The van der Waals surface area contributed by atoms with Crippen LogP contribution in [0.3, 0.4) is 0 Å². The SMILES string of the molecule is CCC1CCC(NC(=O)CC2CCCC(N)C2)C1C. The molecule has 0 aliphatic heterocycles. The number of nitrogens with one attached hydrogen (secondary N) is 1. The molecule has 3 heteroatoms. The summed E-state index contributed by atoms with van der Waals surface area (Å²) in [6.07, 6.45) is 8.90. The van der Waals surface area contributed by atoms with E-state index in [1.165, 1.54) is 25.7 Å². The van der Waals surface area contributed by atoms with Gasteiger partial charge in [0.05, 0.1) is 0 Å². The normalized spacial score (nSPS) is 39.2. The van der Waals surface area contributed by atoms with Gasteiger partial charge in [-0.25, -0.2) is 0 Å². The Morgan fingerprint density at radius 1 is 1.26 bits per heavy atom. The number of carbonyl (C=O) groups is 1. The zero-order valence-electron chi connectivity index (χ0n) is 12.5. The van der Waals surface area contributed by atoms with Crippen molar-refractivity contribution < 1.29 is 4.79 Å². The molecule has 0 radical (unpaired) electrons. The lowest BCUT2D eigenvalue weighted by atomic mass is 9.84. The van der Waals surface area contributed by atoms with Crippen LogP contribution in [-0.2, 0) is 4.79 Å². The lowest BCUT2D eigenvalue weighted by Crippen LogP contribution is -2.39. The van der Waals surface area contributed by atoms with Crippen LogP contribution >= 0.6 is 0 Å². The average Bonchev–Trinajstić information content (AvgIpc) is 2.70. The number of hydrogen-bond acceptors (Lipinski definition) is 2. The summed E-state index contributed by atoms with van der Waals surface area (Å²) in [6.45, 7) is 4.55. The molecule has 0 aromatic heterocycles. The molecule has 5 atom stereocenters. The highest BCUT2D eigenvalue weighted by atomic mass is 16.1. The van der Waals surface area contributed by atoms with Gasteiger partial charge in [0.1, 0.15) is 0 Å². The number of amides is 1. The van der Waals surface area contributed by atoms with Gasteiger partial charge in [-0.3, -0.25) is 4.79 Å². The lowest BCUT2D eigenvalue weighted by molar-refractivity contribution is -0.123. The molecule has 2 aliphatic carbocycles. The fourth-order valence-electron chi connectivity index (χ4n) is 4.07. The molecular weight excluding hydrogens is 236 g/mol. The molecule has 3 nitrogen and oxygen atoms in total. The minimum Gasteiger partial charge on any atom is -0.353 e. The largest absolute Gasteiger partial charge is 0.353 e. The third-order valence-corrected chi connectivity index (χ3v) is 5.39. The molecule has 2 rings (SSSR count). The van der Waals surface area contributed by atoms with Crippen LogP contribution < -0.4 is 11.1 Å². The van der Waals surface area contributed by atoms with Gasteiger partial charge in [-0.1, -0.05) is 26.7 Å². The van der Waals surface area contributed by atoms with E-state index in [1.807, 2.05) is 0 Å². The molecule has 0 aromatic rings. The Morgan fingerprint density at radius 2 is 2.05 bits per heavy atom. The van der Waals surface area contributed by atoms with Crippen molar-refractivity contribution in [2.24, 2.45) is 23.5 Å². The molecule has 2 aliphatic rings. The van der Waals surface area contributed by atoms with Gasteiger partial charge < -0.3 is 11.1 Å². The minimum atomic E-state index is 0.257. The van der Waals surface area contributed by atoms with Gasteiger partial charge >= 0.3 is 0 Å². The Hall–Kier alpha value is -0.570. The molecule has 1 amide bonds. The third kappa shape index (κ3) is 3.95. The molecule has 110 valence electrons. The maximum Gasteiger partial charge on any atom is 0.220 e. The topological polar surface area (TPSA) is 55.1 Å². The zero-order chi connectivity index (χ0) is 13.8. The van der Waals surface area contributed by atoms with E-state index < -0.39 is 0 Å². The Balaban J connectivity index is 1.75. The number of hydrogen-bond donors (Lipinski definition) is 2. The van der Waals surface area contributed by atoms with Crippen LogP contribution in [0.4, 0.5) is 0 Å². The van der Waals surface area contributed by atoms with Crippen molar-refractivity contribution in [3.8, 4) is 0 Å². The number of nitrogens with two attached hydrogens (primary N) is 1. The van der Waals surface area contributed by atoms with Gasteiger partial charge in [-0.05, 0) is 49.9 Å². The molecule has 0 aromatic carbocycles. The summed E-state index contributed by atoms with van der Waals surface area (Å²) in [5.41, 5.74) is 5.99. The van der Waals surface area contributed by atoms with E-state index in [9.17, 15) is 4.79 Å². The summed E-state index contributed by atoms with van der Waals surface area (Å²) in [5, 5.41) is 3.28. The van der Waals surface area contributed by atoms with Gasteiger partial charge in [-0.15, -0.1) is 0 Å². The van der Waals surface area contributed by atoms with Gasteiger partial charge in [-0.2, -0.15) is 0 Å². The first-order valence-electron chi connectivity index (χ1n) is 8.15. The Kier molecular flexibility index (Phi) is 5.26. The summed E-state index contributed by atoms with van der Waals surface area (Å²) in [4.78, 5) is 12.2. The predicted molar refractivity (Wildman–Crippen MR) is 78.7 cm³/mol. The Labute approximate surface area is 117 Å². The van der Waals surface area contributed by atoms with E-state index in [1.54, 1.807) is 0 Å². The van der Waals surface area contributed by atoms with Crippen molar-refractivity contribution in [3.63, 3.8) is 0 Å². The highest BCUT2D eigenvalue weighted by molar-refractivity contribution is 5.76. The van der Waals surface area contributed by atoms with E-state index in [0.29, 0.717) is 30.3 Å². The van der Waals surface area contributed by atoms with Crippen molar-refractivity contribution in [3.05, 3.63) is 0 Å². The first-order chi connectivity index (χ1) is 9.10. The fraction of sp³-hybridized carbons (Fsp3) is 0.938. The zero-order valence-corrected chi connectivity index (χ0v) is 12.5. The molecule has 5 unspecified atom stereocenters. The maximum atomic E-state index is 12.2. The molecule has 0 saturated heterocycles. The fourth-order valence-corrected chi connectivity index (χ4v) is 4.07. The number of rotatable bonds is 4. The van der Waals surface area contributed by atoms with Gasteiger partial charge in [0.15, 0.2) is 0 Å². The molecule has 2 saturated carbocycles. The summed E-state index contributed by atoms with van der Waals surface area (Å²) in [7, 11) is 0. The molecule has 0 bridgehead atoms. The van der Waals surface area contributed by atoms with E-state index in [-0.39, 0.29) is 5.91 Å². The smallest absolute Gasteiger partial charge is 0.220 e. The molecule has 0 spiro atoms. The van der Waals surface area contributed by atoms with Crippen LogP contribution in [0.25, 0.3) is 0 Å². The maximum absolute atomic E-state index is 12.2. The van der Waals surface area contributed by atoms with Gasteiger partial charge in [0.25, 0.3) is 0 Å². The van der Waals surface area contributed by atoms with E-state index in [0.717, 1.165) is 25.2 Å². The quantitative estimate of drug-likeness (QED) is 0.822. The van der Waals surface area contributed by atoms with Crippen LogP contribution in [0.15, 0.2) is 0 Å². The van der Waals surface area contributed by atoms with Crippen molar-refractivity contribution >= 4 is 5.91 Å². The predicted octanol–water partition coefficient (Wildman–Crippen LogP) is 2.83. The van der Waals surface area contributed by atoms with Crippen molar-refractivity contribution in [1.82, 2.24) is 5.32 Å². The summed E-state index contributed by atoms with van der Waals surface area (Å²) in [5.74, 6) is 2.21. The second kappa shape index (κ2) is 6.74. The monoisotopic (exact) mass is 266 g/mol. The summed E-state index contributed by atoms with van der Waals surface area (Å²) >= 11 is 0. The standard InChI is InChI=1S/C16H30N2O/c1-3-13-7-8-15(11(13)2)18-16(19)10-12-5-4-6-14(17)9-12/h11-15H,3-10,17H2,1-2H3,(H,18,19). The van der Waals surface area contributed by atoms with Crippen LogP contribution in [0.1, 0.15) is 65.2 Å². The first-order valence-corrected chi connectivity index (χ1v) is 8.15. The van der Waals surface area contributed by atoms with E-state index >= 15 is 0 Å². The van der Waals surface area contributed by atoms with Crippen LogP contribution in [0.5, 0.6) is 0 Å². The van der Waals surface area contributed by atoms with Crippen molar-refractivity contribution in [2.75, 3.05) is 0 Å². The van der Waals surface area contributed by atoms with Crippen molar-refractivity contribution in [1.29, 1.82) is 0 Å². The van der Waals surface area contributed by atoms with Crippen molar-refractivity contribution in [2.45, 2.75) is 77.3 Å². The van der Waals surface area contributed by atoms with Gasteiger partial charge in [0.2, 0.25) is 5.91 Å². The van der Waals surface area contributed by atoms with Gasteiger partial charge in [0, 0.05) is 18.5 Å². The summed E-state index contributed by atoms with van der Waals surface area (Å²) in [6, 6.07) is 0.733. The molecule has 2 fully saturated rings. The first kappa shape index (κ1) is 14.8. The average molecular weight is 266 g/mol. The lowest BCUT2D eigenvalue weighted by Gasteiger charge is -2.27. The second-order valence-electron chi connectivity index (χ2n) is 6.78. The second-order valence-corrected chi connectivity index (χ2v) is 6.78.